The minimum absolute atomic E-state index is 0.0347. The fourth-order valence-electron chi connectivity index (χ4n) is 2.11. The number of rotatable bonds is 4. The van der Waals surface area contributed by atoms with E-state index in [0.29, 0.717) is 13.1 Å². The third-order valence-electron chi connectivity index (χ3n) is 3.11. The van der Waals surface area contributed by atoms with Gasteiger partial charge in [0.2, 0.25) is 0 Å². The molecule has 2 aromatic rings. The summed E-state index contributed by atoms with van der Waals surface area (Å²) in [6.45, 7) is 7.74. The molecule has 0 fully saturated rings. The second-order valence-electron chi connectivity index (χ2n) is 5.86. The molecule has 5 heteroatoms. The Morgan fingerprint density at radius 3 is 2.65 bits per heavy atom. The van der Waals surface area contributed by atoms with Crippen molar-refractivity contribution < 1.29 is 4.39 Å². The van der Waals surface area contributed by atoms with Crippen LogP contribution in [-0.2, 0) is 18.5 Å². The third kappa shape index (κ3) is 3.67. The number of H-pyrrole nitrogens is 1. The van der Waals surface area contributed by atoms with Gasteiger partial charge in [0.25, 0.3) is 0 Å². The lowest BCUT2D eigenvalue weighted by molar-refractivity contribution is 0.553. The second kappa shape index (κ2) is 6.06. The molecule has 2 N–H and O–H groups in total. The van der Waals surface area contributed by atoms with Gasteiger partial charge < -0.3 is 5.32 Å². The molecule has 0 saturated carbocycles. The summed E-state index contributed by atoms with van der Waals surface area (Å²) < 4.78 is 14.1. The number of hydrogen-bond donors (Lipinski definition) is 2. The maximum atomic E-state index is 13.2. The summed E-state index contributed by atoms with van der Waals surface area (Å²) >= 11 is 3.43. The van der Waals surface area contributed by atoms with Crippen molar-refractivity contribution in [3.63, 3.8) is 0 Å². The minimum atomic E-state index is -0.219. The summed E-state index contributed by atoms with van der Waals surface area (Å²) in [5, 5.41) is 10.5. The van der Waals surface area contributed by atoms with Crippen LogP contribution in [0.2, 0.25) is 0 Å². The van der Waals surface area contributed by atoms with Gasteiger partial charge in [-0.05, 0) is 23.8 Å². The van der Waals surface area contributed by atoms with Crippen LogP contribution in [0.1, 0.15) is 37.6 Å². The first kappa shape index (κ1) is 15.2. The van der Waals surface area contributed by atoms with Crippen LogP contribution in [0.4, 0.5) is 4.39 Å². The first-order chi connectivity index (χ1) is 9.38. The lowest BCUT2D eigenvalue weighted by atomic mass is 9.89. The highest BCUT2D eigenvalue weighted by Gasteiger charge is 2.19. The molecule has 0 atom stereocenters. The highest BCUT2D eigenvalue weighted by molar-refractivity contribution is 9.10. The number of halogens is 2. The van der Waals surface area contributed by atoms with E-state index in [1.807, 2.05) is 6.20 Å². The van der Waals surface area contributed by atoms with Crippen molar-refractivity contribution in [2.75, 3.05) is 0 Å². The maximum absolute atomic E-state index is 13.2. The van der Waals surface area contributed by atoms with Crippen molar-refractivity contribution in [2.24, 2.45) is 0 Å². The van der Waals surface area contributed by atoms with Crippen LogP contribution in [0.15, 0.2) is 28.9 Å². The van der Waals surface area contributed by atoms with Gasteiger partial charge in [0.15, 0.2) is 0 Å². The summed E-state index contributed by atoms with van der Waals surface area (Å²) in [7, 11) is 0. The summed E-state index contributed by atoms with van der Waals surface area (Å²) in [4.78, 5) is 0. The van der Waals surface area contributed by atoms with Crippen LogP contribution < -0.4 is 5.32 Å². The Labute approximate surface area is 127 Å². The van der Waals surface area contributed by atoms with Crippen molar-refractivity contribution in [1.29, 1.82) is 0 Å². The summed E-state index contributed by atoms with van der Waals surface area (Å²) in [6, 6.07) is 4.71. The quantitative estimate of drug-likeness (QED) is 0.886. The normalized spacial score (nSPS) is 11.8. The lowest BCUT2D eigenvalue weighted by Gasteiger charge is -2.18. The zero-order chi connectivity index (χ0) is 14.8. The summed E-state index contributed by atoms with van der Waals surface area (Å²) in [6.07, 6.45) is 1.84. The zero-order valence-corrected chi connectivity index (χ0v) is 13.5. The zero-order valence-electron chi connectivity index (χ0n) is 11.9. The van der Waals surface area contributed by atoms with Crippen molar-refractivity contribution in [3.05, 3.63) is 51.5 Å². The molecule has 3 nitrogen and oxygen atoms in total. The molecule has 1 aromatic heterocycles. The minimum Gasteiger partial charge on any atom is -0.308 e. The van der Waals surface area contributed by atoms with Crippen LogP contribution >= 0.6 is 15.9 Å². The lowest BCUT2D eigenvalue weighted by Crippen LogP contribution is -2.19. The maximum Gasteiger partial charge on any atom is 0.123 e. The fourth-order valence-corrected chi connectivity index (χ4v) is 2.49. The van der Waals surface area contributed by atoms with E-state index < -0.39 is 0 Å². The molecule has 2 rings (SSSR count). The largest absolute Gasteiger partial charge is 0.308 e. The molecule has 0 aliphatic heterocycles. The predicted molar refractivity (Wildman–Crippen MR) is 81.9 cm³/mol. The van der Waals surface area contributed by atoms with Crippen LogP contribution in [0.25, 0.3) is 0 Å². The van der Waals surface area contributed by atoms with Crippen molar-refractivity contribution in [3.8, 4) is 0 Å². The Kier molecular flexibility index (Phi) is 4.60. The molecule has 1 aromatic carbocycles. The highest BCUT2D eigenvalue weighted by atomic mass is 79.9. The first-order valence-electron chi connectivity index (χ1n) is 6.55. The van der Waals surface area contributed by atoms with E-state index in [4.69, 9.17) is 0 Å². The molecule has 0 unspecified atom stereocenters. The number of nitrogens with one attached hydrogen (secondary N) is 2. The Bertz CT molecular complexity index is 587. The standard InChI is InChI=1S/C15H19BrFN3/c1-15(2,3)14-11(9-19-20-14)8-18-7-10-6-12(17)4-5-13(10)16/h4-6,9,18H,7-8H2,1-3H3,(H,19,20). The SMILES string of the molecule is CC(C)(C)c1[nH]ncc1CNCc1cc(F)ccc1Br. The molecule has 0 bridgehead atoms. The molecule has 0 aliphatic carbocycles. The van der Waals surface area contributed by atoms with E-state index in [9.17, 15) is 4.39 Å². The van der Waals surface area contributed by atoms with E-state index in [2.05, 4.69) is 52.2 Å². The Balaban J connectivity index is 2.00. The van der Waals surface area contributed by atoms with Gasteiger partial charge in [-0.3, -0.25) is 5.10 Å². The first-order valence-corrected chi connectivity index (χ1v) is 7.34. The van der Waals surface area contributed by atoms with Gasteiger partial charge in [-0.25, -0.2) is 4.39 Å². The number of nitrogens with zero attached hydrogens (tertiary/aromatic N) is 1. The van der Waals surface area contributed by atoms with Crippen LogP contribution in [0, 0.1) is 5.82 Å². The van der Waals surface area contributed by atoms with Crippen molar-refractivity contribution >= 4 is 15.9 Å². The third-order valence-corrected chi connectivity index (χ3v) is 3.88. The average Bonchev–Trinajstić information content (AvgIpc) is 2.82. The van der Waals surface area contributed by atoms with Crippen LogP contribution in [-0.4, -0.2) is 10.2 Å². The molecule has 20 heavy (non-hydrogen) atoms. The van der Waals surface area contributed by atoms with Crippen LogP contribution in [0.5, 0.6) is 0 Å². The van der Waals surface area contributed by atoms with Crippen molar-refractivity contribution in [2.45, 2.75) is 39.3 Å². The van der Waals surface area contributed by atoms with Gasteiger partial charge in [-0.15, -0.1) is 0 Å². The molecule has 0 spiro atoms. The van der Waals surface area contributed by atoms with Gasteiger partial charge >= 0.3 is 0 Å². The van der Waals surface area contributed by atoms with E-state index in [1.165, 1.54) is 12.1 Å². The smallest absolute Gasteiger partial charge is 0.123 e. The van der Waals surface area contributed by atoms with Crippen molar-refractivity contribution in [1.82, 2.24) is 15.5 Å². The molecule has 0 saturated heterocycles. The summed E-state index contributed by atoms with van der Waals surface area (Å²) in [5.74, 6) is -0.219. The van der Waals surface area contributed by atoms with E-state index in [-0.39, 0.29) is 11.2 Å². The highest BCUT2D eigenvalue weighted by Crippen LogP contribution is 2.23. The Hall–Kier alpha value is -1.20. The number of aromatic amines is 1. The topological polar surface area (TPSA) is 40.7 Å². The number of aromatic nitrogens is 2. The molecular formula is C15H19BrFN3. The monoisotopic (exact) mass is 339 g/mol. The molecule has 0 radical (unpaired) electrons. The number of benzene rings is 1. The molecule has 108 valence electrons. The number of hydrogen-bond acceptors (Lipinski definition) is 2. The molecular weight excluding hydrogens is 321 g/mol. The van der Waals surface area contributed by atoms with E-state index in [0.717, 1.165) is 21.3 Å². The van der Waals surface area contributed by atoms with E-state index >= 15 is 0 Å². The van der Waals surface area contributed by atoms with Gasteiger partial charge in [0.1, 0.15) is 5.82 Å². The predicted octanol–water partition coefficient (Wildman–Crippen LogP) is 3.90. The second-order valence-corrected chi connectivity index (χ2v) is 6.71. The van der Waals surface area contributed by atoms with Gasteiger partial charge in [-0.1, -0.05) is 36.7 Å². The van der Waals surface area contributed by atoms with Gasteiger partial charge in [0, 0.05) is 34.2 Å². The fraction of sp³-hybridized carbons (Fsp3) is 0.400. The molecule has 0 amide bonds. The van der Waals surface area contributed by atoms with Gasteiger partial charge in [0.05, 0.1) is 6.20 Å². The van der Waals surface area contributed by atoms with Crippen LogP contribution in [0.3, 0.4) is 0 Å². The average molecular weight is 340 g/mol. The Morgan fingerprint density at radius 1 is 1.25 bits per heavy atom. The van der Waals surface area contributed by atoms with Gasteiger partial charge in [-0.2, -0.15) is 5.10 Å². The molecule has 1 heterocycles. The Morgan fingerprint density at radius 2 is 1.95 bits per heavy atom. The van der Waals surface area contributed by atoms with E-state index in [1.54, 1.807) is 6.07 Å². The summed E-state index contributed by atoms with van der Waals surface area (Å²) in [5.41, 5.74) is 3.21. The molecule has 0 aliphatic rings.